The first-order valence-electron chi connectivity index (χ1n) is 4.99. The summed E-state index contributed by atoms with van der Waals surface area (Å²) >= 11 is 0. The number of nitrogens with one attached hydrogen (secondary N) is 1. The van der Waals surface area contributed by atoms with E-state index in [1.807, 2.05) is 6.07 Å². The Labute approximate surface area is 99.2 Å². The van der Waals surface area contributed by atoms with Crippen molar-refractivity contribution in [2.75, 3.05) is 0 Å². The molecule has 0 aromatic heterocycles. The molecule has 1 aromatic rings. The van der Waals surface area contributed by atoms with Crippen LogP contribution in [0.1, 0.15) is 29.8 Å². The maximum atomic E-state index is 11.8. The Balaban J connectivity index is 2.91. The van der Waals surface area contributed by atoms with E-state index >= 15 is 0 Å². The van der Waals surface area contributed by atoms with Crippen LogP contribution in [-0.2, 0) is 4.79 Å². The summed E-state index contributed by atoms with van der Waals surface area (Å²) in [6, 6.07) is 8.14. The van der Waals surface area contributed by atoms with Crippen molar-refractivity contribution in [3.63, 3.8) is 0 Å². The van der Waals surface area contributed by atoms with Gasteiger partial charge in [0.15, 0.2) is 0 Å². The van der Waals surface area contributed by atoms with Gasteiger partial charge in [0.1, 0.15) is 5.54 Å². The van der Waals surface area contributed by atoms with Crippen LogP contribution in [0.2, 0.25) is 0 Å². The highest BCUT2D eigenvalue weighted by Gasteiger charge is 2.27. The second kappa shape index (κ2) is 4.66. The average Bonchev–Trinajstić information content (AvgIpc) is 2.28. The Morgan fingerprint density at radius 1 is 1.41 bits per heavy atom. The van der Waals surface area contributed by atoms with Crippen LogP contribution in [0.4, 0.5) is 0 Å². The van der Waals surface area contributed by atoms with Crippen LogP contribution in [0.3, 0.4) is 0 Å². The fourth-order valence-corrected chi connectivity index (χ4v) is 1.15. The molecule has 0 heterocycles. The fourth-order valence-electron chi connectivity index (χ4n) is 1.15. The molecule has 2 amide bonds. The van der Waals surface area contributed by atoms with Gasteiger partial charge in [-0.2, -0.15) is 5.26 Å². The molecular weight excluding hydrogens is 218 g/mol. The molecule has 0 saturated carbocycles. The van der Waals surface area contributed by atoms with E-state index in [2.05, 4.69) is 5.32 Å². The Hall–Kier alpha value is -2.35. The van der Waals surface area contributed by atoms with Crippen LogP contribution < -0.4 is 11.1 Å². The van der Waals surface area contributed by atoms with Gasteiger partial charge in [0.25, 0.3) is 5.91 Å². The first kappa shape index (κ1) is 12.7. The maximum Gasteiger partial charge on any atom is 0.252 e. The van der Waals surface area contributed by atoms with Crippen LogP contribution >= 0.6 is 0 Å². The largest absolute Gasteiger partial charge is 0.368 e. The lowest BCUT2D eigenvalue weighted by Gasteiger charge is -2.22. The molecule has 0 atom stereocenters. The number of nitrogens with zero attached hydrogens (tertiary/aromatic N) is 1. The highest BCUT2D eigenvalue weighted by molar-refractivity contribution is 5.98. The van der Waals surface area contributed by atoms with Gasteiger partial charge >= 0.3 is 0 Å². The third-order valence-corrected chi connectivity index (χ3v) is 2.30. The minimum absolute atomic E-state index is 0.318. The summed E-state index contributed by atoms with van der Waals surface area (Å²) in [6.45, 7) is 3.03. The van der Waals surface area contributed by atoms with Crippen LogP contribution in [0, 0.1) is 11.3 Å². The molecule has 0 spiro atoms. The Kier molecular flexibility index (Phi) is 3.49. The second-order valence-electron chi connectivity index (χ2n) is 4.14. The molecule has 5 nitrogen and oxygen atoms in total. The van der Waals surface area contributed by atoms with Gasteiger partial charge in [-0.15, -0.1) is 0 Å². The molecule has 3 N–H and O–H groups in total. The van der Waals surface area contributed by atoms with E-state index in [-0.39, 0.29) is 0 Å². The highest BCUT2D eigenvalue weighted by atomic mass is 16.2. The zero-order chi connectivity index (χ0) is 13.1. The fraction of sp³-hybridized carbons (Fsp3) is 0.250. The summed E-state index contributed by atoms with van der Waals surface area (Å²) in [4.78, 5) is 22.9. The number of amides is 2. The lowest BCUT2D eigenvalue weighted by atomic mass is 10.0. The van der Waals surface area contributed by atoms with Crippen LogP contribution in [0.5, 0.6) is 0 Å². The monoisotopic (exact) mass is 231 g/mol. The van der Waals surface area contributed by atoms with Crippen molar-refractivity contribution in [1.82, 2.24) is 5.32 Å². The van der Waals surface area contributed by atoms with E-state index in [0.717, 1.165) is 0 Å². The number of benzene rings is 1. The molecule has 0 fully saturated rings. The number of hydrogen-bond acceptors (Lipinski definition) is 3. The number of nitrogens with two attached hydrogens (primary N) is 1. The highest BCUT2D eigenvalue weighted by Crippen LogP contribution is 2.07. The Morgan fingerprint density at radius 3 is 2.59 bits per heavy atom. The number of carbonyl (C=O) groups excluding carboxylic acids is 2. The van der Waals surface area contributed by atoms with E-state index in [1.165, 1.54) is 19.9 Å². The molecule has 5 heteroatoms. The third kappa shape index (κ3) is 3.05. The molecule has 1 aromatic carbocycles. The predicted octanol–water partition coefficient (Wildman–Crippen LogP) is 0.552. The zero-order valence-corrected chi connectivity index (χ0v) is 9.65. The standard InChI is InChI=1S/C12H13N3O2/c1-12(2,11(14)17)15-10(16)9-5-3-4-8(6-9)7-13/h3-6H,1-2H3,(H2,14,17)(H,15,16). The number of carbonyl (C=O) groups is 2. The minimum atomic E-state index is -1.13. The van der Waals surface area contributed by atoms with Gasteiger partial charge in [-0.3, -0.25) is 9.59 Å². The topological polar surface area (TPSA) is 96.0 Å². The van der Waals surface area contributed by atoms with Crippen molar-refractivity contribution in [3.05, 3.63) is 35.4 Å². The van der Waals surface area contributed by atoms with Gasteiger partial charge in [-0.25, -0.2) is 0 Å². The average molecular weight is 231 g/mol. The molecule has 0 saturated heterocycles. The van der Waals surface area contributed by atoms with Crippen molar-refractivity contribution in [2.45, 2.75) is 19.4 Å². The van der Waals surface area contributed by atoms with Crippen molar-refractivity contribution in [1.29, 1.82) is 5.26 Å². The third-order valence-electron chi connectivity index (χ3n) is 2.30. The van der Waals surface area contributed by atoms with Crippen LogP contribution in [0.15, 0.2) is 24.3 Å². The molecule has 0 radical (unpaired) electrons. The van der Waals surface area contributed by atoms with E-state index in [4.69, 9.17) is 11.0 Å². The number of rotatable bonds is 3. The molecule has 0 aliphatic rings. The number of hydrogen-bond donors (Lipinski definition) is 2. The smallest absolute Gasteiger partial charge is 0.252 e. The number of nitriles is 1. The van der Waals surface area contributed by atoms with Crippen molar-refractivity contribution < 1.29 is 9.59 Å². The lowest BCUT2D eigenvalue weighted by Crippen LogP contribution is -2.53. The van der Waals surface area contributed by atoms with E-state index in [9.17, 15) is 9.59 Å². The number of primary amides is 1. The Bertz CT molecular complexity index is 501. The van der Waals surface area contributed by atoms with Crippen LogP contribution in [0.25, 0.3) is 0 Å². The second-order valence-corrected chi connectivity index (χ2v) is 4.14. The van der Waals surface area contributed by atoms with Crippen LogP contribution in [-0.4, -0.2) is 17.4 Å². The van der Waals surface area contributed by atoms with Gasteiger partial charge in [0.2, 0.25) is 5.91 Å². The molecule has 0 unspecified atom stereocenters. The maximum absolute atomic E-state index is 11.8. The predicted molar refractivity (Wildman–Crippen MR) is 61.9 cm³/mol. The zero-order valence-electron chi connectivity index (χ0n) is 9.65. The van der Waals surface area contributed by atoms with E-state index in [1.54, 1.807) is 18.2 Å². The molecule has 17 heavy (non-hydrogen) atoms. The van der Waals surface area contributed by atoms with Gasteiger partial charge in [0.05, 0.1) is 11.6 Å². The summed E-state index contributed by atoms with van der Waals surface area (Å²) in [7, 11) is 0. The van der Waals surface area contributed by atoms with Gasteiger partial charge in [0, 0.05) is 5.56 Å². The molecule has 0 aliphatic carbocycles. The molecule has 0 bridgehead atoms. The SMILES string of the molecule is CC(C)(NC(=O)c1cccc(C#N)c1)C(N)=O. The molecule has 0 aliphatic heterocycles. The summed E-state index contributed by atoms with van der Waals surface area (Å²) in [6.07, 6.45) is 0. The molecule has 88 valence electrons. The molecular formula is C12H13N3O2. The van der Waals surface area contributed by atoms with Gasteiger partial charge in [-0.05, 0) is 32.0 Å². The first-order chi connectivity index (χ1) is 7.86. The van der Waals surface area contributed by atoms with Gasteiger partial charge in [-0.1, -0.05) is 6.07 Å². The normalized spacial score (nSPS) is 10.4. The summed E-state index contributed by atoms with van der Waals surface area (Å²) in [5.41, 5.74) is 4.72. The summed E-state index contributed by atoms with van der Waals surface area (Å²) in [5, 5.41) is 11.2. The molecule has 1 rings (SSSR count). The van der Waals surface area contributed by atoms with Gasteiger partial charge < -0.3 is 11.1 Å². The Morgan fingerprint density at radius 2 is 2.06 bits per heavy atom. The van der Waals surface area contributed by atoms with Crippen molar-refractivity contribution in [3.8, 4) is 6.07 Å². The van der Waals surface area contributed by atoms with Crippen molar-refractivity contribution in [2.24, 2.45) is 5.73 Å². The summed E-state index contributed by atoms with van der Waals surface area (Å²) < 4.78 is 0. The minimum Gasteiger partial charge on any atom is -0.368 e. The van der Waals surface area contributed by atoms with E-state index < -0.39 is 17.4 Å². The first-order valence-corrected chi connectivity index (χ1v) is 4.99. The summed E-state index contributed by atoms with van der Waals surface area (Å²) in [5.74, 6) is -1.06. The quantitative estimate of drug-likeness (QED) is 0.795. The van der Waals surface area contributed by atoms with E-state index in [0.29, 0.717) is 11.1 Å². The lowest BCUT2D eigenvalue weighted by molar-refractivity contribution is -0.122. The van der Waals surface area contributed by atoms with Crippen molar-refractivity contribution >= 4 is 11.8 Å².